The van der Waals surface area contributed by atoms with E-state index in [2.05, 4.69) is 4.74 Å². The average Bonchev–Trinajstić information content (AvgIpc) is 2.17. The van der Waals surface area contributed by atoms with E-state index in [1.165, 1.54) is 18.2 Å². The third-order valence-corrected chi connectivity index (χ3v) is 1.89. The maximum absolute atomic E-state index is 11.3. The fourth-order valence-electron chi connectivity index (χ4n) is 1.04. The lowest BCUT2D eigenvalue weighted by Crippen LogP contribution is -2.07. The van der Waals surface area contributed by atoms with Crippen molar-refractivity contribution in [2.24, 2.45) is 0 Å². The number of carbonyl (C=O) groups excluding carboxylic acids is 1. The standard InChI is InChI=1S/C9H8ClNO4/c1-2-15-9(12)7-5-6(10)3-4-8(7)11(13)14/h3-5H,2H2,1H3. The predicted molar refractivity (Wildman–Crippen MR) is 54.1 cm³/mol. The first-order chi connectivity index (χ1) is 7.06. The number of rotatable bonds is 3. The van der Waals surface area contributed by atoms with E-state index in [1.54, 1.807) is 6.92 Å². The summed E-state index contributed by atoms with van der Waals surface area (Å²) in [5.74, 6) is -0.744. The van der Waals surface area contributed by atoms with Gasteiger partial charge in [-0.25, -0.2) is 4.79 Å². The summed E-state index contributed by atoms with van der Waals surface area (Å²) in [5.41, 5.74) is -0.438. The van der Waals surface area contributed by atoms with Gasteiger partial charge < -0.3 is 4.74 Å². The minimum absolute atomic E-state index is 0.130. The molecule has 6 heteroatoms. The Hall–Kier alpha value is -1.62. The summed E-state index contributed by atoms with van der Waals surface area (Å²) in [6.45, 7) is 1.77. The van der Waals surface area contributed by atoms with E-state index in [0.717, 1.165) is 0 Å². The predicted octanol–water partition coefficient (Wildman–Crippen LogP) is 2.42. The third kappa shape index (κ3) is 2.66. The van der Waals surface area contributed by atoms with Gasteiger partial charge in [-0.3, -0.25) is 10.1 Å². The molecular formula is C9H8ClNO4. The molecule has 0 spiro atoms. The van der Waals surface area contributed by atoms with Crippen molar-refractivity contribution in [3.8, 4) is 0 Å². The zero-order valence-corrected chi connectivity index (χ0v) is 8.65. The topological polar surface area (TPSA) is 69.4 Å². The van der Waals surface area contributed by atoms with Crippen molar-refractivity contribution in [2.45, 2.75) is 6.92 Å². The quantitative estimate of drug-likeness (QED) is 0.453. The summed E-state index contributed by atoms with van der Waals surface area (Å²) in [6, 6.07) is 3.74. The largest absolute Gasteiger partial charge is 0.462 e. The first-order valence-electron chi connectivity index (χ1n) is 4.17. The molecule has 0 fully saturated rings. The lowest BCUT2D eigenvalue weighted by molar-refractivity contribution is -0.385. The number of ether oxygens (including phenoxy) is 1. The lowest BCUT2D eigenvalue weighted by Gasteiger charge is -2.02. The number of esters is 1. The minimum Gasteiger partial charge on any atom is -0.462 e. The smallest absolute Gasteiger partial charge is 0.345 e. The maximum Gasteiger partial charge on any atom is 0.345 e. The van der Waals surface area contributed by atoms with Gasteiger partial charge in [-0.1, -0.05) is 11.6 Å². The molecular weight excluding hydrogens is 222 g/mol. The molecule has 0 heterocycles. The normalized spacial score (nSPS) is 9.73. The zero-order valence-electron chi connectivity index (χ0n) is 7.90. The Kier molecular flexibility index (Phi) is 3.62. The summed E-state index contributed by atoms with van der Waals surface area (Å²) >= 11 is 5.64. The van der Waals surface area contributed by atoms with Crippen LogP contribution in [0.25, 0.3) is 0 Å². The highest BCUT2D eigenvalue weighted by Crippen LogP contribution is 2.23. The number of nitro benzene ring substituents is 1. The van der Waals surface area contributed by atoms with Gasteiger partial charge in [0.1, 0.15) is 5.56 Å². The SMILES string of the molecule is CCOC(=O)c1cc(Cl)ccc1[N+](=O)[O-]. The number of nitrogens with zero attached hydrogens (tertiary/aromatic N) is 1. The van der Waals surface area contributed by atoms with Crippen LogP contribution in [0.2, 0.25) is 5.02 Å². The molecule has 0 amide bonds. The number of nitro groups is 1. The molecule has 0 N–H and O–H groups in total. The number of hydrogen-bond donors (Lipinski definition) is 0. The number of carbonyl (C=O) groups is 1. The van der Waals surface area contributed by atoms with Gasteiger partial charge in [0.2, 0.25) is 0 Å². The Morgan fingerprint density at radius 1 is 1.60 bits per heavy atom. The first-order valence-corrected chi connectivity index (χ1v) is 4.55. The Morgan fingerprint density at radius 3 is 2.80 bits per heavy atom. The molecule has 0 saturated heterocycles. The van der Waals surface area contributed by atoms with Crippen LogP contribution < -0.4 is 0 Å². The molecule has 0 radical (unpaired) electrons. The Labute approximate surface area is 90.8 Å². The van der Waals surface area contributed by atoms with E-state index in [-0.39, 0.29) is 22.9 Å². The average molecular weight is 230 g/mol. The van der Waals surface area contributed by atoms with Gasteiger partial charge in [-0.05, 0) is 19.1 Å². The van der Waals surface area contributed by atoms with E-state index in [9.17, 15) is 14.9 Å². The highest BCUT2D eigenvalue weighted by molar-refractivity contribution is 6.31. The molecule has 80 valence electrons. The second-order valence-electron chi connectivity index (χ2n) is 2.64. The van der Waals surface area contributed by atoms with Crippen molar-refractivity contribution in [3.63, 3.8) is 0 Å². The Bertz CT molecular complexity index is 405. The van der Waals surface area contributed by atoms with Gasteiger partial charge >= 0.3 is 5.97 Å². The van der Waals surface area contributed by atoms with Crippen LogP contribution in [0.15, 0.2) is 18.2 Å². The van der Waals surface area contributed by atoms with Crippen molar-refractivity contribution in [2.75, 3.05) is 6.61 Å². The number of benzene rings is 1. The second kappa shape index (κ2) is 4.75. The van der Waals surface area contributed by atoms with Crippen LogP contribution >= 0.6 is 11.6 Å². The molecule has 0 atom stereocenters. The highest BCUT2D eigenvalue weighted by atomic mass is 35.5. The van der Waals surface area contributed by atoms with Crippen molar-refractivity contribution in [1.82, 2.24) is 0 Å². The molecule has 5 nitrogen and oxygen atoms in total. The zero-order chi connectivity index (χ0) is 11.4. The van der Waals surface area contributed by atoms with Crippen LogP contribution in [0.5, 0.6) is 0 Å². The van der Waals surface area contributed by atoms with Gasteiger partial charge in [0.25, 0.3) is 5.69 Å². The molecule has 1 aromatic rings. The minimum atomic E-state index is -0.744. The van der Waals surface area contributed by atoms with Crippen molar-refractivity contribution in [3.05, 3.63) is 38.9 Å². The first kappa shape index (κ1) is 11.5. The Balaban J connectivity index is 3.18. The molecule has 0 aliphatic heterocycles. The summed E-state index contributed by atoms with van der Waals surface area (Å²) < 4.78 is 4.67. The number of hydrogen-bond acceptors (Lipinski definition) is 4. The summed E-state index contributed by atoms with van der Waals surface area (Å²) in [5, 5.41) is 10.8. The Morgan fingerprint density at radius 2 is 2.27 bits per heavy atom. The van der Waals surface area contributed by atoms with E-state index >= 15 is 0 Å². The van der Waals surface area contributed by atoms with Crippen LogP contribution in [-0.2, 0) is 4.74 Å². The van der Waals surface area contributed by atoms with Gasteiger partial charge in [0.05, 0.1) is 11.5 Å². The fraction of sp³-hybridized carbons (Fsp3) is 0.222. The molecule has 0 aliphatic rings. The molecule has 0 bridgehead atoms. The molecule has 1 aromatic carbocycles. The van der Waals surface area contributed by atoms with Crippen LogP contribution in [0.4, 0.5) is 5.69 Å². The monoisotopic (exact) mass is 229 g/mol. The van der Waals surface area contributed by atoms with Gasteiger partial charge in [-0.15, -0.1) is 0 Å². The van der Waals surface area contributed by atoms with E-state index in [1.807, 2.05) is 0 Å². The summed E-state index contributed by atoms with van der Waals surface area (Å²) in [6.07, 6.45) is 0. The molecule has 0 unspecified atom stereocenters. The second-order valence-corrected chi connectivity index (χ2v) is 3.08. The number of halogens is 1. The molecule has 1 rings (SSSR count). The van der Waals surface area contributed by atoms with Crippen LogP contribution in [0.1, 0.15) is 17.3 Å². The maximum atomic E-state index is 11.3. The van der Waals surface area contributed by atoms with E-state index in [0.29, 0.717) is 0 Å². The lowest BCUT2D eigenvalue weighted by atomic mass is 10.2. The molecule has 15 heavy (non-hydrogen) atoms. The van der Waals surface area contributed by atoms with Crippen LogP contribution in [0, 0.1) is 10.1 Å². The van der Waals surface area contributed by atoms with Crippen LogP contribution in [0.3, 0.4) is 0 Å². The van der Waals surface area contributed by atoms with Crippen molar-refractivity contribution in [1.29, 1.82) is 0 Å². The van der Waals surface area contributed by atoms with Crippen LogP contribution in [-0.4, -0.2) is 17.5 Å². The molecule has 0 saturated carbocycles. The van der Waals surface area contributed by atoms with Gasteiger partial charge in [-0.2, -0.15) is 0 Å². The summed E-state index contributed by atoms with van der Waals surface area (Å²) in [4.78, 5) is 21.3. The highest BCUT2D eigenvalue weighted by Gasteiger charge is 2.21. The summed E-state index contributed by atoms with van der Waals surface area (Å²) in [7, 11) is 0. The fourth-order valence-corrected chi connectivity index (χ4v) is 1.21. The van der Waals surface area contributed by atoms with E-state index < -0.39 is 10.9 Å². The van der Waals surface area contributed by atoms with Crippen molar-refractivity contribution >= 4 is 23.3 Å². The van der Waals surface area contributed by atoms with E-state index in [4.69, 9.17) is 11.6 Å². The van der Waals surface area contributed by atoms with Gasteiger partial charge in [0.15, 0.2) is 0 Å². The third-order valence-electron chi connectivity index (χ3n) is 1.65. The molecule has 0 aliphatic carbocycles. The van der Waals surface area contributed by atoms with Gasteiger partial charge in [0, 0.05) is 11.1 Å². The van der Waals surface area contributed by atoms with Crippen molar-refractivity contribution < 1.29 is 14.5 Å². The molecule has 0 aromatic heterocycles.